The third kappa shape index (κ3) is 6.62. The molecule has 0 aliphatic rings. The molecule has 74 valence electrons. The fourth-order valence-corrected chi connectivity index (χ4v) is 0.814. The number of ether oxygens (including phenoxy) is 2. The predicted octanol–water partition coefficient (Wildman–Crippen LogP) is 2.47. The lowest BCUT2D eigenvalue weighted by atomic mass is 10.2. The zero-order valence-electron chi connectivity index (χ0n) is 8.80. The smallest absolute Gasteiger partial charge is 0.0544 e. The van der Waals surface area contributed by atoms with Gasteiger partial charge in [-0.05, 0) is 20.3 Å². The van der Waals surface area contributed by atoms with Gasteiger partial charge in [-0.2, -0.15) is 0 Å². The monoisotopic (exact) mass is 174 g/mol. The van der Waals surface area contributed by atoms with Gasteiger partial charge in [-0.1, -0.05) is 13.8 Å². The van der Waals surface area contributed by atoms with E-state index in [9.17, 15) is 0 Å². The highest BCUT2D eigenvalue weighted by molar-refractivity contribution is 4.51. The highest BCUT2D eigenvalue weighted by atomic mass is 16.5. The van der Waals surface area contributed by atoms with Gasteiger partial charge >= 0.3 is 0 Å². The second kappa shape index (κ2) is 7.56. The number of hydrogen-bond donors (Lipinski definition) is 0. The van der Waals surface area contributed by atoms with Gasteiger partial charge in [-0.3, -0.25) is 0 Å². The van der Waals surface area contributed by atoms with Crippen LogP contribution in [0.3, 0.4) is 0 Å². The van der Waals surface area contributed by atoms with Gasteiger partial charge in [0.2, 0.25) is 0 Å². The molecule has 0 spiro atoms. The van der Waals surface area contributed by atoms with Crippen molar-refractivity contribution in [2.45, 2.75) is 40.2 Å². The summed E-state index contributed by atoms with van der Waals surface area (Å²) in [6.45, 7) is 10.8. The zero-order valence-corrected chi connectivity index (χ0v) is 8.80. The van der Waals surface area contributed by atoms with E-state index in [0.717, 1.165) is 26.2 Å². The molecule has 0 radical (unpaired) electrons. The third-order valence-electron chi connectivity index (χ3n) is 1.85. The van der Waals surface area contributed by atoms with Crippen LogP contribution in [0.1, 0.15) is 34.1 Å². The minimum absolute atomic E-state index is 0.383. The SMILES string of the molecule is CCOCC(C)COC(C)CC. The second-order valence-electron chi connectivity index (χ2n) is 3.32. The van der Waals surface area contributed by atoms with E-state index in [2.05, 4.69) is 20.8 Å². The highest BCUT2D eigenvalue weighted by Gasteiger charge is 2.04. The Morgan fingerprint density at radius 1 is 1.08 bits per heavy atom. The maximum Gasteiger partial charge on any atom is 0.0544 e. The van der Waals surface area contributed by atoms with Gasteiger partial charge in [-0.25, -0.2) is 0 Å². The lowest BCUT2D eigenvalue weighted by molar-refractivity contribution is 0.0135. The summed E-state index contributed by atoms with van der Waals surface area (Å²) < 4.78 is 10.9. The van der Waals surface area contributed by atoms with Crippen molar-refractivity contribution in [3.63, 3.8) is 0 Å². The van der Waals surface area contributed by atoms with E-state index in [0.29, 0.717) is 12.0 Å². The van der Waals surface area contributed by atoms with Crippen LogP contribution in [0.25, 0.3) is 0 Å². The summed E-state index contributed by atoms with van der Waals surface area (Å²) in [7, 11) is 0. The number of hydrogen-bond acceptors (Lipinski definition) is 2. The Morgan fingerprint density at radius 3 is 2.25 bits per heavy atom. The molecule has 0 aliphatic heterocycles. The molecule has 0 aromatic rings. The van der Waals surface area contributed by atoms with Crippen LogP contribution >= 0.6 is 0 Å². The van der Waals surface area contributed by atoms with Crippen LogP contribution in [-0.4, -0.2) is 25.9 Å². The molecular formula is C10H22O2. The summed E-state index contributed by atoms with van der Waals surface area (Å²) in [5, 5.41) is 0. The molecule has 0 fully saturated rings. The van der Waals surface area contributed by atoms with E-state index in [1.807, 2.05) is 6.92 Å². The molecular weight excluding hydrogens is 152 g/mol. The van der Waals surface area contributed by atoms with E-state index in [1.54, 1.807) is 0 Å². The van der Waals surface area contributed by atoms with Crippen molar-refractivity contribution in [1.29, 1.82) is 0 Å². The lowest BCUT2D eigenvalue weighted by Gasteiger charge is -2.15. The van der Waals surface area contributed by atoms with Crippen molar-refractivity contribution in [3.8, 4) is 0 Å². The zero-order chi connectivity index (χ0) is 9.40. The first kappa shape index (κ1) is 11.9. The van der Waals surface area contributed by atoms with Crippen molar-refractivity contribution < 1.29 is 9.47 Å². The maximum atomic E-state index is 5.57. The van der Waals surface area contributed by atoms with Gasteiger partial charge in [-0.15, -0.1) is 0 Å². The van der Waals surface area contributed by atoms with Crippen molar-refractivity contribution in [3.05, 3.63) is 0 Å². The van der Waals surface area contributed by atoms with Gasteiger partial charge in [0.05, 0.1) is 19.3 Å². The van der Waals surface area contributed by atoms with Crippen molar-refractivity contribution in [2.75, 3.05) is 19.8 Å². The van der Waals surface area contributed by atoms with Gasteiger partial charge in [0.1, 0.15) is 0 Å². The van der Waals surface area contributed by atoms with Crippen molar-refractivity contribution in [1.82, 2.24) is 0 Å². The second-order valence-corrected chi connectivity index (χ2v) is 3.32. The Morgan fingerprint density at radius 2 is 1.75 bits per heavy atom. The molecule has 2 atom stereocenters. The van der Waals surface area contributed by atoms with Gasteiger partial charge in [0.15, 0.2) is 0 Å². The molecule has 0 aromatic carbocycles. The van der Waals surface area contributed by atoms with E-state index in [-0.39, 0.29) is 0 Å². The Balaban J connectivity index is 3.24. The van der Waals surface area contributed by atoms with E-state index >= 15 is 0 Å². The van der Waals surface area contributed by atoms with Crippen molar-refractivity contribution in [2.24, 2.45) is 5.92 Å². The highest BCUT2D eigenvalue weighted by Crippen LogP contribution is 2.02. The average molecular weight is 174 g/mol. The summed E-state index contributed by atoms with van der Waals surface area (Å²) in [6.07, 6.45) is 1.47. The Hall–Kier alpha value is -0.0800. The summed E-state index contributed by atoms with van der Waals surface area (Å²) in [6, 6.07) is 0. The van der Waals surface area contributed by atoms with Crippen LogP contribution in [0.2, 0.25) is 0 Å². The molecule has 2 nitrogen and oxygen atoms in total. The molecule has 2 unspecified atom stereocenters. The topological polar surface area (TPSA) is 18.5 Å². The molecule has 0 heterocycles. The fourth-order valence-electron chi connectivity index (χ4n) is 0.814. The molecule has 2 heteroatoms. The van der Waals surface area contributed by atoms with Gasteiger partial charge < -0.3 is 9.47 Å². The average Bonchev–Trinajstić information content (AvgIpc) is 2.10. The molecule has 0 rings (SSSR count). The Bertz CT molecular complexity index is 93.8. The summed E-state index contributed by atoms with van der Waals surface area (Å²) >= 11 is 0. The van der Waals surface area contributed by atoms with E-state index in [1.165, 1.54) is 0 Å². The predicted molar refractivity (Wildman–Crippen MR) is 51.4 cm³/mol. The molecule has 0 amide bonds. The van der Waals surface area contributed by atoms with Crippen LogP contribution in [0.15, 0.2) is 0 Å². The first-order valence-corrected chi connectivity index (χ1v) is 4.90. The molecule has 0 aromatic heterocycles. The van der Waals surface area contributed by atoms with E-state index < -0.39 is 0 Å². The minimum atomic E-state index is 0.383. The first-order valence-electron chi connectivity index (χ1n) is 4.90. The van der Waals surface area contributed by atoms with Crippen LogP contribution in [0, 0.1) is 5.92 Å². The quantitative estimate of drug-likeness (QED) is 0.590. The van der Waals surface area contributed by atoms with E-state index in [4.69, 9.17) is 9.47 Å². The maximum absolute atomic E-state index is 5.57. The standard InChI is InChI=1S/C10H22O2/c1-5-10(4)12-8-9(3)7-11-6-2/h9-10H,5-8H2,1-4H3. The molecule has 0 saturated heterocycles. The number of rotatable bonds is 7. The normalized spacial score (nSPS) is 16.0. The third-order valence-corrected chi connectivity index (χ3v) is 1.85. The molecule has 0 aliphatic carbocycles. The van der Waals surface area contributed by atoms with Crippen LogP contribution in [0.5, 0.6) is 0 Å². The van der Waals surface area contributed by atoms with Crippen LogP contribution in [-0.2, 0) is 9.47 Å². The van der Waals surface area contributed by atoms with Gasteiger partial charge in [0, 0.05) is 12.5 Å². The Kier molecular flexibility index (Phi) is 7.51. The lowest BCUT2D eigenvalue weighted by Crippen LogP contribution is -2.17. The minimum Gasteiger partial charge on any atom is -0.381 e. The molecule has 12 heavy (non-hydrogen) atoms. The van der Waals surface area contributed by atoms with Crippen LogP contribution in [0.4, 0.5) is 0 Å². The Labute approximate surface area is 76.3 Å². The summed E-state index contributed by atoms with van der Waals surface area (Å²) in [5.74, 6) is 0.513. The molecule has 0 N–H and O–H groups in total. The fraction of sp³-hybridized carbons (Fsp3) is 1.00. The summed E-state index contributed by atoms with van der Waals surface area (Å²) in [4.78, 5) is 0. The first-order chi connectivity index (χ1) is 5.70. The molecule has 0 saturated carbocycles. The van der Waals surface area contributed by atoms with Crippen LogP contribution < -0.4 is 0 Å². The largest absolute Gasteiger partial charge is 0.381 e. The molecule has 0 bridgehead atoms. The van der Waals surface area contributed by atoms with Crippen molar-refractivity contribution >= 4 is 0 Å². The van der Waals surface area contributed by atoms with Gasteiger partial charge in [0.25, 0.3) is 0 Å². The summed E-state index contributed by atoms with van der Waals surface area (Å²) in [5.41, 5.74) is 0.